The summed E-state index contributed by atoms with van der Waals surface area (Å²) in [6, 6.07) is 14.8. The van der Waals surface area contributed by atoms with Crippen molar-refractivity contribution < 1.29 is 19.4 Å². The maximum atomic E-state index is 12.9. The van der Waals surface area contributed by atoms with Crippen molar-refractivity contribution in [3.8, 4) is 11.5 Å². The van der Waals surface area contributed by atoms with Gasteiger partial charge in [-0.2, -0.15) is 0 Å². The topological polar surface area (TPSA) is 66.8 Å². The van der Waals surface area contributed by atoms with Gasteiger partial charge >= 0.3 is 5.97 Å². The molecule has 0 radical (unpaired) electrons. The minimum absolute atomic E-state index is 0.0727. The van der Waals surface area contributed by atoms with Crippen LogP contribution in [0.15, 0.2) is 48.5 Å². The van der Waals surface area contributed by atoms with Crippen LogP contribution in [0.3, 0.4) is 0 Å². The summed E-state index contributed by atoms with van der Waals surface area (Å²) < 4.78 is 6.08. The van der Waals surface area contributed by atoms with Gasteiger partial charge in [-0.05, 0) is 54.2 Å². The number of carboxylic acids is 1. The predicted molar refractivity (Wildman–Crippen MR) is 129 cm³/mol. The second-order valence-electron chi connectivity index (χ2n) is 9.32. The van der Waals surface area contributed by atoms with E-state index in [2.05, 4.69) is 32.9 Å². The van der Waals surface area contributed by atoms with Gasteiger partial charge in [0.05, 0.1) is 5.25 Å². The van der Waals surface area contributed by atoms with Gasteiger partial charge < -0.3 is 14.7 Å². The summed E-state index contributed by atoms with van der Waals surface area (Å²) in [4.78, 5) is 26.5. The summed E-state index contributed by atoms with van der Waals surface area (Å²) in [6.07, 6.45) is 2.11. The number of carbonyl (C=O) groups excluding carboxylic acids is 1. The maximum Gasteiger partial charge on any atom is 0.326 e. The molecule has 3 rings (SSSR count). The molecule has 2 aromatic rings. The number of amides is 1. The fourth-order valence-corrected chi connectivity index (χ4v) is 5.18. The Bertz CT molecular complexity index is 951. The quantitative estimate of drug-likeness (QED) is 0.500. The Balaban J connectivity index is 1.85. The number of hydrogen-bond acceptors (Lipinski definition) is 4. The van der Waals surface area contributed by atoms with E-state index in [1.165, 1.54) is 17.3 Å². The molecule has 2 aromatic carbocycles. The minimum atomic E-state index is -0.946. The van der Waals surface area contributed by atoms with Gasteiger partial charge in [-0.1, -0.05) is 64.8 Å². The number of nitrogens with zero attached hydrogens (tertiary/aromatic N) is 1. The lowest BCUT2D eigenvalue weighted by molar-refractivity contribution is -0.150. The first-order valence-electron chi connectivity index (χ1n) is 11.2. The zero-order chi connectivity index (χ0) is 23.5. The summed E-state index contributed by atoms with van der Waals surface area (Å²) >= 11 is 1.49. The Morgan fingerprint density at radius 1 is 1.16 bits per heavy atom. The van der Waals surface area contributed by atoms with Crippen LogP contribution in [0.1, 0.15) is 70.4 Å². The number of aliphatic carboxylic acids is 1. The molecule has 3 atom stereocenters. The van der Waals surface area contributed by atoms with Crippen molar-refractivity contribution in [2.75, 3.05) is 0 Å². The minimum Gasteiger partial charge on any atom is -0.480 e. The van der Waals surface area contributed by atoms with Gasteiger partial charge in [0, 0.05) is 0 Å². The molecule has 1 saturated heterocycles. The first-order valence-corrected chi connectivity index (χ1v) is 12.1. The van der Waals surface area contributed by atoms with Crippen molar-refractivity contribution in [3.63, 3.8) is 0 Å². The molecule has 0 aromatic heterocycles. The van der Waals surface area contributed by atoms with E-state index in [0.29, 0.717) is 12.2 Å². The van der Waals surface area contributed by atoms with Gasteiger partial charge in [-0.25, -0.2) is 4.79 Å². The molecule has 6 heteroatoms. The Labute approximate surface area is 195 Å². The molecule has 0 saturated carbocycles. The van der Waals surface area contributed by atoms with Crippen LogP contribution in [-0.4, -0.2) is 33.2 Å². The van der Waals surface area contributed by atoms with Crippen molar-refractivity contribution in [3.05, 3.63) is 59.7 Å². The molecule has 1 heterocycles. The van der Waals surface area contributed by atoms with Crippen LogP contribution in [-0.2, 0) is 15.0 Å². The summed E-state index contributed by atoms with van der Waals surface area (Å²) in [7, 11) is 0. The molecular formula is C26H33NO4S. The van der Waals surface area contributed by atoms with E-state index < -0.39 is 12.0 Å². The highest BCUT2D eigenvalue weighted by molar-refractivity contribution is 8.01. The largest absolute Gasteiger partial charge is 0.480 e. The number of thioether (sulfide) groups is 1. The number of rotatable bonds is 8. The fraction of sp³-hybridized carbons (Fsp3) is 0.462. The summed E-state index contributed by atoms with van der Waals surface area (Å²) in [5, 5.41) is 9.21. The lowest BCUT2D eigenvalue weighted by Crippen LogP contribution is -2.44. The molecule has 32 heavy (non-hydrogen) atoms. The zero-order valence-electron chi connectivity index (χ0n) is 19.5. The van der Waals surface area contributed by atoms with Gasteiger partial charge in [-0.3, -0.25) is 4.79 Å². The van der Waals surface area contributed by atoms with E-state index in [0.717, 1.165) is 24.2 Å². The highest BCUT2D eigenvalue weighted by Crippen LogP contribution is 2.45. The molecule has 1 N–H and O–H groups in total. The molecule has 2 unspecified atom stereocenters. The van der Waals surface area contributed by atoms with Crippen LogP contribution in [0, 0.1) is 0 Å². The molecule has 0 bridgehead atoms. The number of unbranched alkanes of at least 4 members (excludes halogenated alkanes) is 1. The second-order valence-corrected chi connectivity index (χ2v) is 10.7. The second kappa shape index (κ2) is 9.99. The van der Waals surface area contributed by atoms with Crippen molar-refractivity contribution in [2.24, 2.45) is 0 Å². The fourth-order valence-electron chi connectivity index (χ4n) is 3.87. The molecule has 0 aliphatic carbocycles. The van der Waals surface area contributed by atoms with E-state index in [-0.39, 0.29) is 21.9 Å². The van der Waals surface area contributed by atoms with E-state index in [9.17, 15) is 14.7 Å². The summed E-state index contributed by atoms with van der Waals surface area (Å²) in [5.74, 6) is 0.339. The lowest BCUT2D eigenvalue weighted by atomic mass is 9.87. The van der Waals surface area contributed by atoms with E-state index in [1.807, 2.05) is 50.2 Å². The van der Waals surface area contributed by atoms with Crippen LogP contribution >= 0.6 is 11.8 Å². The third-order valence-electron chi connectivity index (χ3n) is 5.74. The number of ether oxygens (including phenoxy) is 1. The smallest absolute Gasteiger partial charge is 0.326 e. The van der Waals surface area contributed by atoms with E-state index >= 15 is 0 Å². The van der Waals surface area contributed by atoms with Crippen molar-refractivity contribution in [2.45, 2.75) is 76.0 Å². The molecule has 1 amide bonds. The molecule has 172 valence electrons. The monoisotopic (exact) mass is 455 g/mol. The normalized spacial score (nSPS) is 19.8. The predicted octanol–water partition coefficient (Wildman–Crippen LogP) is 6.38. The number of carboxylic acid groups (broad SMARTS) is 1. The van der Waals surface area contributed by atoms with Gasteiger partial charge in [0.15, 0.2) is 0 Å². The van der Waals surface area contributed by atoms with Gasteiger partial charge in [0.2, 0.25) is 5.91 Å². The molecule has 1 fully saturated rings. The van der Waals surface area contributed by atoms with E-state index in [4.69, 9.17) is 4.74 Å². The van der Waals surface area contributed by atoms with Crippen LogP contribution < -0.4 is 4.74 Å². The highest BCUT2D eigenvalue weighted by Gasteiger charge is 2.44. The average molecular weight is 456 g/mol. The third kappa shape index (κ3) is 5.47. The lowest BCUT2D eigenvalue weighted by Gasteiger charge is -2.30. The molecule has 1 aliphatic heterocycles. The standard InChI is InChI=1S/C26H33NO4S/c1-6-7-11-22(25(29)30)27-23(28)17(2)32-24(27)18-9-8-10-21(16-18)31-20-14-12-19(13-15-20)26(3,4)5/h8-10,12-17,22,24H,6-7,11H2,1-5H3,(H,29,30)/t17?,22-,24?/m0/s1. The van der Waals surface area contributed by atoms with Gasteiger partial charge in [0.1, 0.15) is 22.9 Å². The van der Waals surface area contributed by atoms with Crippen molar-refractivity contribution in [1.29, 1.82) is 0 Å². The molecule has 1 aliphatic rings. The maximum absolute atomic E-state index is 12.9. The van der Waals surface area contributed by atoms with Crippen molar-refractivity contribution in [1.82, 2.24) is 4.90 Å². The van der Waals surface area contributed by atoms with Gasteiger partial charge in [-0.15, -0.1) is 11.8 Å². The molecular weight excluding hydrogens is 422 g/mol. The first-order chi connectivity index (χ1) is 15.1. The summed E-state index contributed by atoms with van der Waals surface area (Å²) in [5.41, 5.74) is 2.18. The third-order valence-corrected chi connectivity index (χ3v) is 7.11. The number of hydrogen-bond donors (Lipinski definition) is 1. The Hall–Kier alpha value is -2.47. The zero-order valence-corrected chi connectivity index (χ0v) is 20.3. The van der Waals surface area contributed by atoms with Crippen LogP contribution in [0.2, 0.25) is 0 Å². The van der Waals surface area contributed by atoms with Crippen molar-refractivity contribution >= 4 is 23.6 Å². The van der Waals surface area contributed by atoms with Crippen LogP contribution in [0.4, 0.5) is 0 Å². The average Bonchev–Trinajstić information content (AvgIpc) is 3.03. The number of carbonyl (C=O) groups is 2. The number of benzene rings is 2. The van der Waals surface area contributed by atoms with E-state index in [1.54, 1.807) is 4.90 Å². The van der Waals surface area contributed by atoms with Gasteiger partial charge in [0.25, 0.3) is 0 Å². The van der Waals surface area contributed by atoms with Crippen LogP contribution in [0.5, 0.6) is 11.5 Å². The first kappa shape index (κ1) is 24.2. The highest BCUT2D eigenvalue weighted by atomic mass is 32.2. The Kier molecular flexibility index (Phi) is 7.55. The summed E-state index contributed by atoms with van der Waals surface area (Å²) in [6.45, 7) is 10.4. The Morgan fingerprint density at radius 2 is 1.84 bits per heavy atom. The van der Waals surface area contributed by atoms with Crippen LogP contribution in [0.25, 0.3) is 0 Å². The molecule has 0 spiro atoms. The molecule has 5 nitrogen and oxygen atoms in total. The SMILES string of the molecule is CCCC[C@@H](C(=O)O)N1C(=O)C(C)SC1c1cccc(Oc2ccc(C(C)(C)C)cc2)c1. The Morgan fingerprint density at radius 3 is 2.44 bits per heavy atom.